The van der Waals surface area contributed by atoms with Crippen LogP contribution < -0.4 is 0 Å². The van der Waals surface area contributed by atoms with Crippen molar-refractivity contribution >= 4 is 5.78 Å². The Labute approximate surface area is 107 Å². The molecule has 1 aliphatic rings. The van der Waals surface area contributed by atoms with Crippen LogP contribution in [0.2, 0.25) is 0 Å². The van der Waals surface area contributed by atoms with E-state index in [4.69, 9.17) is 0 Å². The van der Waals surface area contributed by atoms with Gasteiger partial charge in [0.1, 0.15) is 5.78 Å². The standard InChI is InChI=1S/C15H20O3/c16-12-7-4-8-13(17)15(12)14(18)10-9-11-5-2-1-3-6-11/h1-3,5-6,12,14-16,18H,4,7-10H2/t12-,14+,15+/m0/s1. The molecule has 1 aromatic rings. The van der Waals surface area contributed by atoms with Gasteiger partial charge in [0, 0.05) is 6.42 Å². The Morgan fingerprint density at radius 2 is 2.00 bits per heavy atom. The fourth-order valence-electron chi connectivity index (χ4n) is 2.66. The second kappa shape index (κ2) is 6.12. The summed E-state index contributed by atoms with van der Waals surface area (Å²) < 4.78 is 0. The fourth-order valence-corrected chi connectivity index (χ4v) is 2.66. The van der Waals surface area contributed by atoms with E-state index in [2.05, 4.69) is 0 Å². The second-order valence-corrected chi connectivity index (χ2v) is 5.04. The summed E-state index contributed by atoms with van der Waals surface area (Å²) in [5.41, 5.74) is 1.15. The predicted octanol–water partition coefficient (Wildman–Crippen LogP) is 1.71. The zero-order valence-electron chi connectivity index (χ0n) is 10.5. The molecule has 1 aromatic carbocycles. The van der Waals surface area contributed by atoms with Gasteiger partial charge in [-0.05, 0) is 31.2 Å². The van der Waals surface area contributed by atoms with E-state index in [9.17, 15) is 15.0 Å². The topological polar surface area (TPSA) is 57.5 Å². The molecular weight excluding hydrogens is 228 g/mol. The maximum Gasteiger partial charge on any atom is 0.141 e. The summed E-state index contributed by atoms with van der Waals surface area (Å²) in [6.45, 7) is 0. The summed E-state index contributed by atoms with van der Waals surface area (Å²) in [5.74, 6) is -0.572. The Hall–Kier alpha value is -1.19. The van der Waals surface area contributed by atoms with Crippen molar-refractivity contribution in [3.63, 3.8) is 0 Å². The Morgan fingerprint density at radius 3 is 2.67 bits per heavy atom. The molecule has 18 heavy (non-hydrogen) atoms. The number of ketones is 1. The van der Waals surface area contributed by atoms with Gasteiger partial charge < -0.3 is 10.2 Å². The largest absolute Gasteiger partial charge is 0.392 e. The number of benzene rings is 1. The van der Waals surface area contributed by atoms with E-state index in [1.54, 1.807) is 0 Å². The number of hydrogen-bond acceptors (Lipinski definition) is 3. The number of rotatable bonds is 4. The number of hydrogen-bond donors (Lipinski definition) is 2. The summed E-state index contributed by atoms with van der Waals surface area (Å²) in [5, 5.41) is 19.9. The van der Waals surface area contributed by atoms with E-state index in [0.717, 1.165) is 18.4 Å². The second-order valence-electron chi connectivity index (χ2n) is 5.04. The summed E-state index contributed by atoms with van der Waals surface area (Å²) in [6, 6.07) is 9.89. The van der Waals surface area contributed by atoms with Gasteiger partial charge in [-0.3, -0.25) is 4.79 Å². The zero-order chi connectivity index (χ0) is 13.0. The average Bonchev–Trinajstić information content (AvgIpc) is 2.37. The normalized spacial score (nSPS) is 26.0. The van der Waals surface area contributed by atoms with E-state index in [0.29, 0.717) is 19.3 Å². The molecule has 0 saturated heterocycles. The van der Waals surface area contributed by atoms with Crippen LogP contribution in [0.25, 0.3) is 0 Å². The Balaban J connectivity index is 1.91. The molecule has 0 spiro atoms. The van der Waals surface area contributed by atoms with Gasteiger partial charge in [0.25, 0.3) is 0 Å². The third-order valence-electron chi connectivity index (χ3n) is 3.70. The zero-order valence-corrected chi connectivity index (χ0v) is 10.5. The first kappa shape index (κ1) is 13.2. The summed E-state index contributed by atoms with van der Waals surface area (Å²) in [4.78, 5) is 11.7. The SMILES string of the molecule is O=C1CCC[C@H](O)[C@H]1[C@H](O)CCc1ccccc1. The Bertz CT molecular complexity index is 388. The Kier molecular flexibility index (Phi) is 4.50. The van der Waals surface area contributed by atoms with Crippen molar-refractivity contribution in [2.45, 2.75) is 44.3 Å². The molecule has 0 aromatic heterocycles. The number of aliphatic hydroxyl groups is 2. The lowest BCUT2D eigenvalue weighted by molar-refractivity contribution is -0.135. The first-order chi connectivity index (χ1) is 8.68. The molecule has 1 fully saturated rings. The first-order valence-electron chi connectivity index (χ1n) is 6.61. The molecule has 0 heterocycles. The van der Waals surface area contributed by atoms with Crippen molar-refractivity contribution in [2.24, 2.45) is 5.92 Å². The molecule has 1 aliphatic carbocycles. The molecule has 3 atom stereocenters. The molecule has 0 aliphatic heterocycles. The third kappa shape index (κ3) is 3.18. The van der Waals surface area contributed by atoms with Crippen LogP contribution in [-0.2, 0) is 11.2 Å². The lowest BCUT2D eigenvalue weighted by Crippen LogP contribution is -2.41. The minimum absolute atomic E-state index is 0.00862. The minimum Gasteiger partial charge on any atom is -0.392 e. The van der Waals surface area contributed by atoms with Gasteiger partial charge in [-0.25, -0.2) is 0 Å². The predicted molar refractivity (Wildman–Crippen MR) is 69.1 cm³/mol. The Morgan fingerprint density at radius 1 is 1.28 bits per heavy atom. The smallest absolute Gasteiger partial charge is 0.141 e. The molecule has 3 heteroatoms. The number of carbonyl (C=O) groups excluding carboxylic acids is 1. The van der Waals surface area contributed by atoms with Gasteiger partial charge in [-0.2, -0.15) is 0 Å². The van der Waals surface area contributed by atoms with Crippen LogP contribution in [0.15, 0.2) is 30.3 Å². The van der Waals surface area contributed by atoms with Crippen LogP contribution >= 0.6 is 0 Å². The van der Waals surface area contributed by atoms with Crippen LogP contribution in [0.5, 0.6) is 0 Å². The number of aliphatic hydroxyl groups excluding tert-OH is 2. The van der Waals surface area contributed by atoms with E-state index in [-0.39, 0.29) is 5.78 Å². The van der Waals surface area contributed by atoms with Gasteiger partial charge in [0.2, 0.25) is 0 Å². The van der Waals surface area contributed by atoms with Gasteiger partial charge in [-0.1, -0.05) is 30.3 Å². The lowest BCUT2D eigenvalue weighted by Gasteiger charge is -2.30. The highest BCUT2D eigenvalue weighted by Gasteiger charge is 2.35. The number of aryl methyl sites for hydroxylation is 1. The van der Waals surface area contributed by atoms with Crippen LogP contribution in [0.1, 0.15) is 31.2 Å². The maximum atomic E-state index is 11.7. The summed E-state index contributed by atoms with van der Waals surface area (Å²) >= 11 is 0. The van der Waals surface area contributed by atoms with Crippen molar-refractivity contribution in [3.8, 4) is 0 Å². The quantitative estimate of drug-likeness (QED) is 0.853. The summed E-state index contributed by atoms with van der Waals surface area (Å²) in [7, 11) is 0. The van der Waals surface area contributed by atoms with Gasteiger partial charge in [0.05, 0.1) is 18.1 Å². The molecule has 2 N–H and O–H groups in total. The third-order valence-corrected chi connectivity index (χ3v) is 3.70. The van der Waals surface area contributed by atoms with E-state index < -0.39 is 18.1 Å². The highest BCUT2D eigenvalue weighted by Crippen LogP contribution is 2.26. The molecule has 1 saturated carbocycles. The van der Waals surface area contributed by atoms with Crippen molar-refractivity contribution < 1.29 is 15.0 Å². The van der Waals surface area contributed by atoms with Gasteiger partial charge >= 0.3 is 0 Å². The van der Waals surface area contributed by atoms with E-state index >= 15 is 0 Å². The lowest BCUT2D eigenvalue weighted by atomic mass is 9.80. The van der Waals surface area contributed by atoms with E-state index in [1.165, 1.54) is 0 Å². The highest BCUT2D eigenvalue weighted by atomic mass is 16.3. The van der Waals surface area contributed by atoms with E-state index in [1.807, 2.05) is 30.3 Å². The highest BCUT2D eigenvalue weighted by molar-refractivity contribution is 5.82. The molecule has 0 bridgehead atoms. The van der Waals surface area contributed by atoms with Crippen molar-refractivity contribution in [1.82, 2.24) is 0 Å². The molecular formula is C15H20O3. The van der Waals surface area contributed by atoms with Crippen molar-refractivity contribution in [1.29, 1.82) is 0 Å². The molecule has 2 rings (SSSR count). The molecule has 0 unspecified atom stereocenters. The van der Waals surface area contributed by atoms with Crippen molar-refractivity contribution in [2.75, 3.05) is 0 Å². The maximum absolute atomic E-state index is 11.7. The van der Waals surface area contributed by atoms with Crippen LogP contribution in [-0.4, -0.2) is 28.2 Å². The first-order valence-corrected chi connectivity index (χ1v) is 6.61. The number of carbonyl (C=O) groups is 1. The average molecular weight is 248 g/mol. The van der Waals surface area contributed by atoms with Gasteiger partial charge in [0.15, 0.2) is 0 Å². The summed E-state index contributed by atoms with van der Waals surface area (Å²) in [6.07, 6.45) is 1.71. The van der Waals surface area contributed by atoms with Gasteiger partial charge in [-0.15, -0.1) is 0 Å². The van der Waals surface area contributed by atoms with Crippen LogP contribution in [0.3, 0.4) is 0 Å². The van der Waals surface area contributed by atoms with Crippen molar-refractivity contribution in [3.05, 3.63) is 35.9 Å². The molecule has 3 nitrogen and oxygen atoms in total. The minimum atomic E-state index is -0.729. The van der Waals surface area contributed by atoms with Crippen LogP contribution in [0.4, 0.5) is 0 Å². The monoisotopic (exact) mass is 248 g/mol. The number of Topliss-reactive ketones (excluding diaryl/α,β-unsaturated/α-hetero) is 1. The van der Waals surface area contributed by atoms with Crippen LogP contribution in [0, 0.1) is 5.92 Å². The molecule has 0 amide bonds. The molecule has 98 valence electrons. The fraction of sp³-hybridized carbons (Fsp3) is 0.533. The molecule has 0 radical (unpaired) electrons.